The van der Waals surface area contributed by atoms with Crippen LogP contribution in [-0.2, 0) is 11.2 Å². The van der Waals surface area contributed by atoms with Crippen LogP contribution in [0.4, 0.5) is 4.79 Å². The Labute approximate surface area is 154 Å². The van der Waals surface area contributed by atoms with Crippen LogP contribution in [0.25, 0.3) is 0 Å². The van der Waals surface area contributed by atoms with Gasteiger partial charge >= 0.3 is 6.09 Å². The summed E-state index contributed by atoms with van der Waals surface area (Å²) in [5, 5.41) is 0.753. The van der Waals surface area contributed by atoms with Crippen LogP contribution < -0.4 is 0 Å². The molecule has 1 saturated heterocycles. The van der Waals surface area contributed by atoms with E-state index >= 15 is 0 Å². The lowest BCUT2D eigenvalue weighted by Crippen LogP contribution is -2.50. The molecule has 2 heterocycles. The molecule has 0 radical (unpaired) electrons. The van der Waals surface area contributed by atoms with Gasteiger partial charge in [0.05, 0.1) is 10.6 Å². The zero-order chi connectivity index (χ0) is 18.0. The van der Waals surface area contributed by atoms with Gasteiger partial charge in [-0.25, -0.2) is 9.78 Å². The first-order valence-electron chi connectivity index (χ1n) is 8.48. The molecule has 1 atom stereocenters. The van der Waals surface area contributed by atoms with Gasteiger partial charge in [-0.15, -0.1) is 0 Å². The molecule has 1 aromatic rings. The topological polar surface area (TPSA) is 42.4 Å². The van der Waals surface area contributed by atoms with Gasteiger partial charge in [0.25, 0.3) is 0 Å². The van der Waals surface area contributed by atoms with Crippen molar-refractivity contribution in [3.63, 3.8) is 0 Å². The lowest BCUT2D eigenvalue weighted by Gasteiger charge is -2.39. The number of carbonyl (C=O) groups is 1. The van der Waals surface area contributed by atoms with Crippen molar-refractivity contribution in [1.82, 2.24) is 9.88 Å². The minimum absolute atomic E-state index is 0.242. The zero-order valence-corrected chi connectivity index (χ0v) is 16.4. The average molecular weight is 373 g/mol. The Kier molecular flexibility index (Phi) is 6.03. The number of rotatable bonds is 4. The molecule has 0 N–H and O–H groups in total. The van der Waals surface area contributed by atoms with E-state index < -0.39 is 5.60 Å². The van der Waals surface area contributed by atoms with Crippen molar-refractivity contribution in [3.05, 3.63) is 28.0 Å². The maximum Gasteiger partial charge on any atom is 0.410 e. The van der Waals surface area contributed by atoms with E-state index in [9.17, 15) is 4.79 Å². The second kappa shape index (κ2) is 7.49. The van der Waals surface area contributed by atoms with Crippen molar-refractivity contribution in [2.75, 3.05) is 6.54 Å². The molecule has 2 rings (SSSR count). The van der Waals surface area contributed by atoms with E-state index in [0.717, 1.165) is 37.9 Å². The molecule has 1 amide bonds. The van der Waals surface area contributed by atoms with E-state index in [1.165, 1.54) is 0 Å². The third-order valence-corrected chi connectivity index (χ3v) is 4.99. The fourth-order valence-corrected chi connectivity index (χ4v) is 3.71. The number of carbonyl (C=O) groups excluding carboxylic acids is 1. The summed E-state index contributed by atoms with van der Waals surface area (Å²) in [4.78, 5) is 19.0. The lowest BCUT2D eigenvalue weighted by molar-refractivity contribution is 0.00589. The summed E-state index contributed by atoms with van der Waals surface area (Å²) in [5.74, 6) is 0. The van der Waals surface area contributed by atoms with Crippen molar-refractivity contribution >= 4 is 29.3 Å². The first-order chi connectivity index (χ1) is 11.2. The summed E-state index contributed by atoms with van der Waals surface area (Å²) in [7, 11) is 0. The van der Waals surface area contributed by atoms with Gasteiger partial charge in [0.2, 0.25) is 0 Å². The molecular formula is C18H26Cl2N2O2. The van der Waals surface area contributed by atoms with Gasteiger partial charge in [0.15, 0.2) is 0 Å². The molecule has 4 nitrogen and oxygen atoms in total. The van der Waals surface area contributed by atoms with Crippen molar-refractivity contribution in [1.29, 1.82) is 0 Å². The molecule has 134 valence electrons. The van der Waals surface area contributed by atoms with Gasteiger partial charge in [-0.05, 0) is 52.2 Å². The number of hydrogen-bond acceptors (Lipinski definition) is 3. The number of aromatic nitrogens is 1. The Morgan fingerprint density at radius 2 is 2.08 bits per heavy atom. The Bertz CT molecular complexity index is 601. The number of halogens is 2. The molecular weight excluding hydrogens is 347 g/mol. The standard InChI is InChI=1S/C18H26Cl2N2O2/c1-5-9-18(12-13-7-8-14(19)15(20)21-13)10-6-11-22(18)16(23)24-17(2,3)4/h7-8H,5-6,9-12H2,1-4H3. The molecule has 1 aliphatic rings. The summed E-state index contributed by atoms with van der Waals surface area (Å²) in [5.41, 5.74) is 0.0917. The van der Waals surface area contributed by atoms with Gasteiger partial charge in [0.1, 0.15) is 10.8 Å². The number of pyridine rings is 1. The van der Waals surface area contributed by atoms with Gasteiger partial charge in [-0.1, -0.05) is 36.5 Å². The highest BCUT2D eigenvalue weighted by molar-refractivity contribution is 6.41. The van der Waals surface area contributed by atoms with Crippen molar-refractivity contribution in [3.8, 4) is 0 Å². The summed E-state index contributed by atoms with van der Waals surface area (Å²) < 4.78 is 5.62. The summed E-state index contributed by atoms with van der Waals surface area (Å²) >= 11 is 12.0. The smallest absolute Gasteiger partial charge is 0.410 e. The molecule has 1 aliphatic heterocycles. The van der Waals surface area contributed by atoms with E-state index in [1.54, 1.807) is 6.07 Å². The fourth-order valence-electron chi connectivity index (χ4n) is 3.43. The van der Waals surface area contributed by atoms with E-state index in [4.69, 9.17) is 27.9 Å². The molecule has 24 heavy (non-hydrogen) atoms. The highest BCUT2D eigenvalue weighted by Gasteiger charge is 2.44. The number of likely N-dealkylation sites (tertiary alicyclic amines) is 1. The second-order valence-corrected chi connectivity index (χ2v) is 8.23. The van der Waals surface area contributed by atoms with Crippen molar-refractivity contribution in [2.24, 2.45) is 0 Å². The van der Waals surface area contributed by atoms with Gasteiger partial charge < -0.3 is 9.64 Å². The highest BCUT2D eigenvalue weighted by Crippen LogP contribution is 2.38. The Hall–Kier alpha value is -1.00. The molecule has 1 aromatic heterocycles. The predicted octanol–water partition coefficient (Wildman–Crippen LogP) is 5.50. The van der Waals surface area contributed by atoms with Crippen molar-refractivity contribution < 1.29 is 9.53 Å². The summed E-state index contributed by atoms with van der Waals surface area (Å²) in [6.07, 6.45) is 4.24. The molecule has 1 fully saturated rings. The zero-order valence-electron chi connectivity index (χ0n) is 14.9. The molecule has 0 spiro atoms. The molecule has 6 heteroatoms. The van der Waals surface area contributed by atoms with Gasteiger partial charge in [-0.2, -0.15) is 0 Å². The van der Waals surface area contributed by atoms with Crippen LogP contribution in [-0.4, -0.2) is 33.7 Å². The SMILES string of the molecule is CCCC1(Cc2ccc(Cl)c(Cl)n2)CCCN1C(=O)OC(C)(C)C. The average Bonchev–Trinajstić information content (AvgIpc) is 2.85. The number of hydrogen-bond donors (Lipinski definition) is 0. The van der Waals surface area contributed by atoms with E-state index in [2.05, 4.69) is 11.9 Å². The number of nitrogens with zero attached hydrogens (tertiary/aromatic N) is 2. The van der Waals surface area contributed by atoms with Crippen LogP contribution in [0, 0.1) is 0 Å². The van der Waals surface area contributed by atoms with Crippen LogP contribution in [0.2, 0.25) is 10.2 Å². The maximum absolute atomic E-state index is 12.7. The molecule has 0 saturated carbocycles. The van der Waals surface area contributed by atoms with Crippen LogP contribution in [0.1, 0.15) is 59.1 Å². The van der Waals surface area contributed by atoms with Crippen LogP contribution >= 0.6 is 23.2 Å². The third kappa shape index (κ3) is 4.54. The minimum Gasteiger partial charge on any atom is -0.444 e. The monoisotopic (exact) mass is 372 g/mol. The molecule has 1 unspecified atom stereocenters. The minimum atomic E-state index is -0.501. The Morgan fingerprint density at radius 1 is 1.38 bits per heavy atom. The largest absolute Gasteiger partial charge is 0.444 e. The maximum atomic E-state index is 12.7. The molecule has 0 bridgehead atoms. The van der Waals surface area contributed by atoms with Crippen LogP contribution in [0.3, 0.4) is 0 Å². The van der Waals surface area contributed by atoms with Crippen molar-refractivity contribution in [2.45, 2.75) is 70.9 Å². The second-order valence-electron chi connectivity index (χ2n) is 7.46. The Morgan fingerprint density at radius 3 is 2.67 bits per heavy atom. The van der Waals surface area contributed by atoms with Crippen LogP contribution in [0.5, 0.6) is 0 Å². The number of amides is 1. The quantitative estimate of drug-likeness (QED) is 0.655. The van der Waals surface area contributed by atoms with E-state index in [-0.39, 0.29) is 11.6 Å². The van der Waals surface area contributed by atoms with Crippen LogP contribution in [0.15, 0.2) is 12.1 Å². The Balaban J connectivity index is 2.27. The van der Waals surface area contributed by atoms with Gasteiger partial charge in [-0.3, -0.25) is 0 Å². The molecule has 0 aliphatic carbocycles. The first kappa shape index (κ1) is 19.3. The van der Waals surface area contributed by atoms with E-state index in [0.29, 0.717) is 16.6 Å². The molecule has 0 aromatic carbocycles. The van der Waals surface area contributed by atoms with Gasteiger partial charge in [0, 0.05) is 18.7 Å². The third-order valence-electron chi connectivity index (χ3n) is 4.30. The normalized spacial score (nSPS) is 21.2. The highest BCUT2D eigenvalue weighted by atomic mass is 35.5. The first-order valence-corrected chi connectivity index (χ1v) is 9.24. The van der Waals surface area contributed by atoms with E-state index in [1.807, 2.05) is 31.7 Å². The number of ether oxygens (including phenoxy) is 1. The summed E-state index contributed by atoms with van der Waals surface area (Å²) in [6, 6.07) is 3.65. The fraction of sp³-hybridized carbons (Fsp3) is 0.667. The lowest BCUT2D eigenvalue weighted by atomic mass is 9.85. The predicted molar refractivity (Wildman–Crippen MR) is 97.8 cm³/mol. The summed E-state index contributed by atoms with van der Waals surface area (Å²) in [6.45, 7) is 8.53.